The molecule has 1 amide bonds. The molecule has 1 N–H and O–H groups in total. The molecule has 4 nitrogen and oxygen atoms in total. The molecule has 0 aliphatic rings. The van der Waals surface area contributed by atoms with E-state index in [9.17, 15) is 14.0 Å². The van der Waals surface area contributed by atoms with Crippen LogP contribution in [0.2, 0.25) is 0 Å². The van der Waals surface area contributed by atoms with Gasteiger partial charge in [-0.15, -0.1) is 0 Å². The molecule has 21 heavy (non-hydrogen) atoms. The molecule has 114 valence electrons. The van der Waals surface area contributed by atoms with Crippen molar-refractivity contribution >= 4 is 33.9 Å². The molecule has 1 rings (SSSR count). The van der Waals surface area contributed by atoms with Crippen molar-refractivity contribution in [1.29, 1.82) is 0 Å². The molecule has 0 fully saturated rings. The Bertz CT molecular complexity index is 560. The lowest BCUT2D eigenvalue weighted by Gasteiger charge is -2.25. The maximum absolute atomic E-state index is 13.6. The van der Waals surface area contributed by atoms with E-state index in [1.54, 1.807) is 19.1 Å². The number of carbonyl (C=O) groups is 2. The van der Waals surface area contributed by atoms with Gasteiger partial charge in [0.05, 0.1) is 0 Å². The standard InChI is InChI=1S/C15H17BrFNO3/c1-3-10(2)18(9-15(20)21)14(19)7-4-11-8-12(16)5-6-13(11)17/h4-8,10H,3,9H2,1-2H3,(H,20,21)/b7-4+. The third-order valence-corrected chi connectivity index (χ3v) is 3.57. The van der Waals surface area contributed by atoms with E-state index in [1.807, 2.05) is 6.92 Å². The van der Waals surface area contributed by atoms with Crippen molar-refractivity contribution in [2.75, 3.05) is 6.54 Å². The highest BCUT2D eigenvalue weighted by Gasteiger charge is 2.19. The van der Waals surface area contributed by atoms with Crippen molar-refractivity contribution in [2.24, 2.45) is 0 Å². The van der Waals surface area contributed by atoms with Crippen LogP contribution in [0.1, 0.15) is 25.8 Å². The van der Waals surface area contributed by atoms with Crippen molar-refractivity contribution in [3.8, 4) is 0 Å². The summed E-state index contributed by atoms with van der Waals surface area (Å²) in [6, 6.07) is 4.19. The molecular formula is C15H17BrFNO3. The highest BCUT2D eigenvalue weighted by atomic mass is 79.9. The molecule has 1 aromatic rings. The van der Waals surface area contributed by atoms with Crippen LogP contribution in [0.3, 0.4) is 0 Å². The minimum absolute atomic E-state index is 0.203. The van der Waals surface area contributed by atoms with Crippen LogP contribution >= 0.6 is 15.9 Å². The van der Waals surface area contributed by atoms with Gasteiger partial charge in [-0.05, 0) is 37.6 Å². The molecule has 1 unspecified atom stereocenters. The van der Waals surface area contributed by atoms with Gasteiger partial charge < -0.3 is 10.0 Å². The summed E-state index contributed by atoms with van der Waals surface area (Å²) in [5.41, 5.74) is 0.261. The fourth-order valence-electron chi connectivity index (χ4n) is 1.72. The quantitative estimate of drug-likeness (QED) is 0.794. The molecule has 0 aliphatic carbocycles. The molecule has 0 radical (unpaired) electrons. The number of aliphatic carboxylic acids is 1. The molecular weight excluding hydrogens is 341 g/mol. The van der Waals surface area contributed by atoms with Gasteiger partial charge in [-0.2, -0.15) is 0 Å². The number of carbonyl (C=O) groups excluding carboxylic acids is 1. The minimum Gasteiger partial charge on any atom is -0.480 e. The summed E-state index contributed by atoms with van der Waals surface area (Å²) in [4.78, 5) is 24.2. The molecule has 1 atom stereocenters. The summed E-state index contributed by atoms with van der Waals surface area (Å²) >= 11 is 3.23. The largest absolute Gasteiger partial charge is 0.480 e. The van der Waals surface area contributed by atoms with Gasteiger partial charge in [-0.3, -0.25) is 9.59 Å². The molecule has 0 aliphatic heterocycles. The minimum atomic E-state index is -1.08. The zero-order valence-electron chi connectivity index (χ0n) is 11.8. The first kappa shape index (κ1) is 17.4. The van der Waals surface area contributed by atoms with Crippen LogP contribution in [0.15, 0.2) is 28.7 Å². The van der Waals surface area contributed by atoms with Gasteiger partial charge >= 0.3 is 5.97 Å². The molecule has 1 aromatic carbocycles. The van der Waals surface area contributed by atoms with Crippen molar-refractivity contribution in [3.63, 3.8) is 0 Å². The molecule has 0 heterocycles. The van der Waals surface area contributed by atoms with Crippen LogP contribution in [0, 0.1) is 5.82 Å². The van der Waals surface area contributed by atoms with E-state index < -0.39 is 17.7 Å². The zero-order valence-corrected chi connectivity index (χ0v) is 13.4. The van der Waals surface area contributed by atoms with Crippen LogP contribution in [0.5, 0.6) is 0 Å². The SMILES string of the molecule is CCC(C)N(CC(=O)O)C(=O)/C=C/c1cc(Br)ccc1F. The number of amides is 1. The summed E-state index contributed by atoms with van der Waals surface area (Å²) in [7, 11) is 0. The van der Waals surface area contributed by atoms with Gasteiger partial charge in [0, 0.05) is 22.2 Å². The second-order valence-corrected chi connectivity index (χ2v) is 5.53. The second-order valence-electron chi connectivity index (χ2n) is 4.62. The Labute approximate surface area is 131 Å². The first-order chi connectivity index (χ1) is 9.85. The van der Waals surface area contributed by atoms with E-state index in [1.165, 1.54) is 23.1 Å². The molecule has 0 saturated heterocycles. The molecule has 0 spiro atoms. The number of benzene rings is 1. The Kier molecular flexibility index (Phi) is 6.55. The maximum atomic E-state index is 13.6. The first-order valence-electron chi connectivity index (χ1n) is 6.50. The topological polar surface area (TPSA) is 57.6 Å². The number of halogens is 2. The van der Waals surface area contributed by atoms with Gasteiger partial charge in [0.15, 0.2) is 0 Å². The van der Waals surface area contributed by atoms with Crippen molar-refractivity contribution in [2.45, 2.75) is 26.3 Å². The predicted molar refractivity (Wildman–Crippen MR) is 82.2 cm³/mol. The molecule has 0 bridgehead atoms. The maximum Gasteiger partial charge on any atom is 0.323 e. The van der Waals surface area contributed by atoms with Crippen molar-refractivity contribution < 1.29 is 19.1 Å². The van der Waals surface area contributed by atoms with Crippen molar-refractivity contribution in [3.05, 3.63) is 40.1 Å². The second kappa shape index (κ2) is 7.93. The summed E-state index contributed by atoms with van der Waals surface area (Å²) in [6.07, 6.45) is 3.18. The first-order valence-corrected chi connectivity index (χ1v) is 7.30. The molecule has 0 aromatic heterocycles. The molecule has 0 saturated carbocycles. The average molecular weight is 358 g/mol. The van der Waals surface area contributed by atoms with E-state index in [0.29, 0.717) is 10.9 Å². The van der Waals surface area contributed by atoms with Gasteiger partial charge in [-0.1, -0.05) is 22.9 Å². The predicted octanol–water partition coefficient (Wildman–Crippen LogP) is 3.31. The van der Waals surface area contributed by atoms with E-state index in [0.717, 1.165) is 0 Å². The Morgan fingerprint density at radius 2 is 2.14 bits per heavy atom. The number of nitrogens with zero attached hydrogens (tertiary/aromatic N) is 1. The monoisotopic (exact) mass is 357 g/mol. The lowest BCUT2D eigenvalue weighted by molar-refractivity contribution is -0.144. The highest BCUT2D eigenvalue weighted by molar-refractivity contribution is 9.10. The van der Waals surface area contributed by atoms with E-state index >= 15 is 0 Å². The van der Waals surface area contributed by atoms with Crippen LogP contribution in [-0.2, 0) is 9.59 Å². The fourth-order valence-corrected chi connectivity index (χ4v) is 2.10. The summed E-state index contributed by atoms with van der Waals surface area (Å²) < 4.78 is 14.3. The van der Waals surface area contributed by atoms with Crippen molar-refractivity contribution in [1.82, 2.24) is 4.90 Å². The summed E-state index contributed by atoms with van der Waals surface area (Å²) in [5, 5.41) is 8.86. The Balaban J connectivity index is 2.92. The Hall–Kier alpha value is -1.69. The summed E-state index contributed by atoms with van der Waals surface area (Å²) in [6.45, 7) is 3.26. The zero-order chi connectivity index (χ0) is 16.0. The number of rotatable bonds is 6. The highest BCUT2D eigenvalue weighted by Crippen LogP contribution is 2.17. The van der Waals surface area contributed by atoms with E-state index in [2.05, 4.69) is 15.9 Å². The third-order valence-electron chi connectivity index (χ3n) is 3.08. The van der Waals surface area contributed by atoms with Gasteiger partial charge in [0.1, 0.15) is 12.4 Å². The Morgan fingerprint density at radius 3 is 2.71 bits per heavy atom. The lowest BCUT2D eigenvalue weighted by Crippen LogP contribution is -2.40. The van der Waals surface area contributed by atoms with Crippen LogP contribution in [0.4, 0.5) is 4.39 Å². The van der Waals surface area contributed by atoms with Gasteiger partial charge in [0.2, 0.25) is 5.91 Å². The lowest BCUT2D eigenvalue weighted by atomic mass is 10.1. The van der Waals surface area contributed by atoms with Gasteiger partial charge in [-0.25, -0.2) is 4.39 Å². The van der Waals surface area contributed by atoms with E-state index in [-0.39, 0.29) is 18.2 Å². The van der Waals surface area contributed by atoms with Gasteiger partial charge in [0.25, 0.3) is 0 Å². The fraction of sp³-hybridized carbons (Fsp3) is 0.333. The number of hydrogen-bond acceptors (Lipinski definition) is 2. The number of hydrogen-bond donors (Lipinski definition) is 1. The number of carboxylic acids is 1. The third kappa shape index (κ3) is 5.30. The average Bonchev–Trinajstić information content (AvgIpc) is 2.44. The normalized spacial score (nSPS) is 12.4. The molecule has 6 heteroatoms. The van der Waals surface area contributed by atoms with Crippen LogP contribution in [-0.4, -0.2) is 34.5 Å². The summed E-state index contributed by atoms with van der Waals surface area (Å²) in [5.74, 6) is -1.98. The van der Waals surface area contributed by atoms with E-state index in [4.69, 9.17) is 5.11 Å². The van der Waals surface area contributed by atoms with Crippen LogP contribution in [0.25, 0.3) is 6.08 Å². The smallest absolute Gasteiger partial charge is 0.323 e. The Morgan fingerprint density at radius 1 is 1.48 bits per heavy atom. The number of carboxylic acid groups (broad SMARTS) is 1. The van der Waals surface area contributed by atoms with Crippen LogP contribution < -0.4 is 0 Å².